The summed E-state index contributed by atoms with van der Waals surface area (Å²) < 4.78 is 22.3. The van der Waals surface area contributed by atoms with Crippen LogP contribution in [0.25, 0.3) is 5.76 Å². The predicted octanol–water partition coefficient (Wildman–Crippen LogP) is 5.23. The third-order valence-corrected chi connectivity index (χ3v) is 6.04. The van der Waals surface area contributed by atoms with Crippen LogP contribution in [0.4, 0.5) is 5.69 Å². The number of carbonyl (C=O) groups is 2. The van der Waals surface area contributed by atoms with Gasteiger partial charge in [0.25, 0.3) is 11.7 Å². The van der Waals surface area contributed by atoms with E-state index in [1.165, 1.54) is 4.90 Å². The number of anilines is 1. The summed E-state index contributed by atoms with van der Waals surface area (Å²) in [5.74, 6) is 0.307. The number of rotatable bonds is 7. The van der Waals surface area contributed by atoms with Crippen LogP contribution < -0.4 is 23.8 Å². The highest BCUT2D eigenvalue weighted by Gasteiger charge is 2.47. The van der Waals surface area contributed by atoms with E-state index in [-0.39, 0.29) is 24.2 Å². The number of nitrogens with zero attached hydrogens (tertiary/aromatic N) is 1. The van der Waals surface area contributed by atoms with Crippen LogP contribution >= 0.6 is 0 Å². The summed E-state index contributed by atoms with van der Waals surface area (Å²) in [7, 11) is 0. The summed E-state index contributed by atoms with van der Waals surface area (Å²) in [6.45, 7) is 6.20. The van der Waals surface area contributed by atoms with Crippen LogP contribution in [0.1, 0.15) is 37.9 Å². The molecule has 1 unspecified atom stereocenters. The lowest BCUT2D eigenvalue weighted by Crippen LogP contribution is -2.29. The molecule has 8 nitrogen and oxygen atoms in total. The SMILES string of the molecule is CCOc1cccc(C2/C(=C(\O)c3cccc(OC(C)C)c3)C(=O)C(=O)N2c2ccc3c(c2)OCO3)c1. The Morgan fingerprint density at radius 3 is 2.54 bits per heavy atom. The summed E-state index contributed by atoms with van der Waals surface area (Å²) >= 11 is 0. The first kappa shape index (κ1) is 24.2. The third-order valence-electron chi connectivity index (χ3n) is 6.04. The highest BCUT2D eigenvalue weighted by molar-refractivity contribution is 6.51. The largest absolute Gasteiger partial charge is 0.507 e. The Labute approximate surface area is 214 Å². The van der Waals surface area contributed by atoms with Crippen LogP contribution in [-0.2, 0) is 9.59 Å². The molecule has 2 aliphatic heterocycles. The molecule has 0 aliphatic carbocycles. The molecule has 3 aromatic carbocycles. The second-order valence-electron chi connectivity index (χ2n) is 8.91. The average Bonchev–Trinajstić information content (AvgIpc) is 3.45. The molecule has 1 amide bonds. The van der Waals surface area contributed by atoms with E-state index in [0.717, 1.165) is 0 Å². The zero-order valence-corrected chi connectivity index (χ0v) is 20.8. The normalized spacial score (nSPS) is 17.9. The van der Waals surface area contributed by atoms with Crippen molar-refractivity contribution in [3.8, 4) is 23.0 Å². The number of benzene rings is 3. The van der Waals surface area contributed by atoms with Crippen LogP contribution in [0, 0.1) is 0 Å². The molecule has 190 valence electrons. The number of aliphatic hydroxyl groups is 1. The second-order valence-corrected chi connectivity index (χ2v) is 8.91. The van der Waals surface area contributed by atoms with Crippen molar-refractivity contribution in [1.82, 2.24) is 0 Å². The molecule has 37 heavy (non-hydrogen) atoms. The maximum atomic E-state index is 13.5. The van der Waals surface area contributed by atoms with Crippen molar-refractivity contribution in [2.24, 2.45) is 0 Å². The van der Waals surface area contributed by atoms with Crippen LogP contribution in [0.5, 0.6) is 23.0 Å². The van der Waals surface area contributed by atoms with Gasteiger partial charge in [0.2, 0.25) is 6.79 Å². The van der Waals surface area contributed by atoms with Gasteiger partial charge in [0.05, 0.1) is 24.3 Å². The van der Waals surface area contributed by atoms with Gasteiger partial charge in [-0.05, 0) is 62.7 Å². The maximum Gasteiger partial charge on any atom is 0.300 e. The Hall–Kier alpha value is -4.46. The van der Waals surface area contributed by atoms with Gasteiger partial charge in [0, 0.05) is 17.3 Å². The summed E-state index contributed by atoms with van der Waals surface area (Å²) in [5.41, 5.74) is 1.39. The highest BCUT2D eigenvalue weighted by Crippen LogP contribution is 2.45. The minimum atomic E-state index is -0.907. The number of Topliss-reactive ketones (excluding diaryl/α,β-unsaturated/α-hetero) is 1. The molecule has 2 heterocycles. The van der Waals surface area contributed by atoms with E-state index in [1.807, 2.05) is 20.8 Å². The van der Waals surface area contributed by atoms with Crippen LogP contribution in [-0.4, -0.2) is 36.3 Å². The quantitative estimate of drug-likeness (QED) is 0.269. The maximum absolute atomic E-state index is 13.5. The fourth-order valence-electron chi connectivity index (χ4n) is 4.53. The number of hydrogen-bond donors (Lipinski definition) is 1. The van der Waals surface area contributed by atoms with Gasteiger partial charge >= 0.3 is 0 Å². The van der Waals surface area contributed by atoms with Crippen LogP contribution in [0.2, 0.25) is 0 Å². The fraction of sp³-hybridized carbons (Fsp3) is 0.241. The molecule has 3 aromatic rings. The minimum Gasteiger partial charge on any atom is -0.507 e. The van der Waals surface area contributed by atoms with Gasteiger partial charge in [-0.1, -0.05) is 24.3 Å². The van der Waals surface area contributed by atoms with Crippen molar-refractivity contribution in [2.75, 3.05) is 18.3 Å². The molecule has 8 heteroatoms. The van der Waals surface area contributed by atoms with Gasteiger partial charge < -0.3 is 24.1 Å². The Bertz CT molecular complexity index is 1390. The van der Waals surface area contributed by atoms with E-state index in [1.54, 1.807) is 66.7 Å². The van der Waals surface area contributed by atoms with E-state index < -0.39 is 17.7 Å². The number of ketones is 1. The van der Waals surface area contributed by atoms with E-state index in [0.29, 0.717) is 46.4 Å². The van der Waals surface area contributed by atoms with Crippen molar-refractivity contribution >= 4 is 23.1 Å². The van der Waals surface area contributed by atoms with E-state index in [2.05, 4.69) is 0 Å². The first-order chi connectivity index (χ1) is 17.9. The Balaban J connectivity index is 1.68. The first-order valence-corrected chi connectivity index (χ1v) is 12.1. The predicted molar refractivity (Wildman–Crippen MR) is 137 cm³/mol. The molecule has 0 saturated carbocycles. The van der Waals surface area contributed by atoms with Gasteiger partial charge in [-0.25, -0.2) is 0 Å². The summed E-state index contributed by atoms with van der Waals surface area (Å²) in [5, 5.41) is 11.4. The Morgan fingerprint density at radius 1 is 1.00 bits per heavy atom. The molecule has 0 spiro atoms. The molecule has 2 aliphatic rings. The molecule has 0 bridgehead atoms. The first-order valence-electron chi connectivity index (χ1n) is 12.1. The van der Waals surface area contributed by atoms with Crippen LogP contribution in [0.3, 0.4) is 0 Å². The van der Waals surface area contributed by atoms with Gasteiger partial charge in [0.15, 0.2) is 11.5 Å². The molecule has 1 saturated heterocycles. The van der Waals surface area contributed by atoms with Crippen molar-refractivity contribution in [1.29, 1.82) is 0 Å². The number of carbonyl (C=O) groups excluding carboxylic acids is 2. The monoisotopic (exact) mass is 501 g/mol. The number of hydrogen-bond acceptors (Lipinski definition) is 7. The Kier molecular flexibility index (Phi) is 6.48. The van der Waals surface area contributed by atoms with Crippen molar-refractivity contribution in [2.45, 2.75) is 32.9 Å². The molecule has 0 aromatic heterocycles. The highest BCUT2D eigenvalue weighted by atomic mass is 16.7. The van der Waals surface area contributed by atoms with Crippen molar-refractivity contribution in [3.05, 3.63) is 83.4 Å². The minimum absolute atomic E-state index is 0.0296. The standard InChI is InChI=1S/C29H27NO7/c1-4-34-21-9-5-7-18(13-21)26-25(27(31)19-8-6-10-22(14-19)37-17(2)3)28(32)29(33)30(26)20-11-12-23-24(15-20)36-16-35-23/h5-15,17,26,31H,4,16H2,1-3H3/b27-25+. The van der Waals surface area contributed by atoms with Gasteiger partial charge in [0.1, 0.15) is 17.3 Å². The van der Waals surface area contributed by atoms with E-state index in [4.69, 9.17) is 18.9 Å². The molecule has 0 radical (unpaired) electrons. The molecular formula is C29H27NO7. The Morgan fingerprint density at radius 2 is 1.76 bits per heavy atom. The lowest BCUT2D eigenvalue weighted by molar-refractivity contribution is -0.132. The number of fused-ring (bicyclic) bond motifs is 1. The molecule has 5 rings (SSSR count). The molecule has 1 N–H and O–H groups in total. The van der Waals surface area contributed by atoms with Crippen molar-refractivity contribution < 1.29 is 33.6 Å². The molecular weight excluding hydrogens is 474 g/mol. The van der Waals surface area contributed by atoms with Gasteiger partial charge in [-0.2, -0.15) is 0 Å². The molecule has 1 fully saturated rings. The number of amides is 1. The average molecular weight is 502 g/mol. The van der Waals surface area contributed by atoms with Crippen LogP contribution in [0.15, 0.2) is 72.3 Å². The summed E-state index contributed by atoms with van der Waals surface area (Å²) in [6, 6.07) is 18.1. The molecule has 1 atom stereocenters. The lowest BCUT2D eigenvalue weighted by atomic mass is 9.95. The third kappa shape index (κ3) is 4.58. The topological polar surface area (TPSA) is 94.5 Å². The second kappa shape index (κ2) is 9.89. The van der Waals surface area contributed by atoms with E-state index in [9.17, 15) is 14.7 Å². The number of ether oxygens (including phenoxy) is 4. The number of aliphatic hydroxyl groups excluding tert-OH is 1. The smallest absolute Gasteiger partial charge is 0.300 e. The van der Waals surface area contributed by atoms with Gasteiger partial charge in [-0.15, -0.1) is 0 Å². The summed E-state index contributed by atoms with van der Waals surface area (Å²) in [6.07, 6.45) is -0.0738. The van der Waals surface area contributed by atoms with Crippen molar-refractivity contribution in [3.63, 3.8) is 0 Å². The lowest BCUT2D eigenvalue weighted by Gasteiger charge is -2.26. The fourth-order valence-corrected chi connectivity index (χ4v) is 4.53. The van der Waals surface area contributed by atoms with E-state index >= 15 is 0 Å². The zero-order chi connectivity index (χ0) is 26.1. The zero-order valence-electron chi connectivity index (χ0n) is 20.8. The van der Waals surface area contributed by atoms with Gasteiger partial charge in [-0.3, -0.25) is 14.5 Å². The summed E-state index contributed by atoms with van der Waals surface area (Å²) in [4.78, 5) is 28.3.